The maximum Gasteiger partial charge on any atom is 0.0414 e. The summed E-state index contributed by atoms with van der Waals surface area (Å²) in [5, 5.41) is 0. The molecule has 0 amide bonds. The SMILES string of the molecule is C=C(C)C(CCC1CCCCC1)NN. The Hall–Kier alpha value is -0.340. The van der Waals surface area contributed by atoms with Gasteiger partial charge in [-0.2, -0.15) is 0 Å². The lowest BCUT2D eigenvalue weighted by Gasteiger charge is -2.24. The summed E-state index contributed by atoms with van der Waals surface area (Å²) in [7, 11) is 0. The van der Waals surface area contributed by atoms with Gasteiger partial charge >= 0.3 is 0 Å². The fourth-order valence-electron chi connectivity index (χ4n) is 2.35. The van der Waals surface area contributed by atoms with Gasteiger partial charge in [-0.25, -0.2) is 0 Å². The Balaban J connectivity index is 2.20. The van der Waals surface area contributed by atoms with Crippen molar-refractivity contribution in [3.05, 3.63) is 12.2 Å². The lowest BCUT2D eigenvalue weighted by atomic mass is 9.85. The smallest absolute Gasteiger partial charge is 0.0414 e. The van der Waals surface area contributed by atoms with Crippen LogP contribution in [0.3, 0.4) is 0 Å². The van der Waals surface area contributed by atoms with Gasteiger partial charge in [0.15, 0.2) is 0 Å². The molecule has 82 valence electrons. The molecule has 1 aliphatic carbocycles. The van der Waals surface area contributed by atoms with E-state index in [1.807, 2.05) is 6.92 Å². The molecule has 1 atom stereocenters. The minimum atomic E-state index is 0.317. The van der Waals surface area contributed by atoms with E-state index in [0.717, 1.165) is 17.9 Å². The molecule has 0 aromatic carbocycles. The maximum atomic E-state index is 5.48. The monoisotopic (exact) mass is 196 g/mol. The molecule has 0 saturated heterocycles. The minimum absolute atomic E-state index is 0.317. The van der Waals surface area contributed by atoms with Crippen molar-refractivity contribution in [2.24, 2.45) is 11.8 Å². The van der Waals surface area contributed by atoms with E-state index in [4.69, 9.17) is 5.84 Å². The second-order valence-electron chi connectivity index (χ2n) is 4.65. The molecule has 1 rings (SSSR count). The van der Waals surface area contributed by atoms with E-state index in [-0.39, 0.29) is 0 Å². The van der Waals surface area contributed by atoms with Crippen LogP contribution in [0.25, 0.3) is 0 Å². The summed E-state index contributed by atoms with van der Waals surface area (Å²) in [6.07, 6.45) is 9.60. The average molecular weight is 196 g/mol. The van der Waals surface area contributed by atoms with Gasteiger partial charge in [0.05, 0.1) is 0 Å². The second kappa shape index (κ2) is 6.20. The Morgan fingerprint density at radius 3 is 2.57 bits per heavy atom. The van der Waals surface area contributed by atoms with Gasteiger partial charge in [-0.3, -0.25) is 11.3 Å². The summed E-state index contributed by atoms with van der Waals surface area (Å²) in [5.41, 5.74) is 4.00. The third-order valence-electron chi connectivity index (χ3n) is 3.38. The van der Waals surface area contributed by atoms with Crippen LogP contribution in [0.2, 0.25) is 0 Å². The van der Waals surface area contributed by atoms with Crippen LogP contribution in [-0.2, 0) is 0 Å². The predicted molar refractivity (Wildman–Crippen MR) is 61.7 cm³/mol. The first-order chi connectivity index (χ1) is 6.74. The molecule has 14 heavy (non-hydrogen) atoms. The van der Waals surface area contributed by atoms with Crippen molar-refractivity contribution in [2.45, 2.75) is 57.9 Å². The highest BCUT2D eigenvalue weighted by Crippen LogP contribution is 2.28. The van der Waals surface area contributed by atoms with Crippen LogP contribution >= 0.6 is 0 Å². The van der Waals surface area contributed by atoms with Gasteiger partial charge in [0.2, 0.25) is 0 Å². The van der Waals surface area contributed by atoms with E-state index in [1.54, 1.807) is 0 Å². The molecule has 0 heterocycles. The van der Waals surface area contributed by atoms with E-state index in [2.05, 4.69) is 12.0 Å². The van der Waals surface area contributed by atoms with Gasteiger partial charge in [-0.1, -0.05) is 44.3 Å². The molecule has 2 heteroatoms. The highest BCUT2D eigenvalue weighted by Gasteiger charge is 2.15. The van der Waals surface area contributed by atoms with E-state index in [1.165, 1.54) is 38.5 Å². The average Bonchev–Trinajstić information content (AvgIpc) is 2.20. The van der Waals surface area contributed by atoms with Gasteiger partial charge < -0.3 is 0 Å². The lowest BCUT2D eigenvalue weighted by Crippen LogP contribution is -2.36. The second-order valence-corrected chi connectivity index (χ2v) is 4.65. The zero-order valence-electron chi connectivity index (χ0n) is 9.39. The summed E-state index contributed by atoms with van der Waals surface area (Å²) in [5.74, 6) is 6.42. The zero-order valence-corrected chi connectivity index (χ0v) is 9.39. The molecule has 2 nitrogen and oxygen atoms in total. The highest BCUT2D eigenvalue weighted by molar-refractivity contribution is 5.00. The Morgan fingerprint density at radius 2 is 2.07 bits per heavy atom. The summed E-state index contributed by atoms with van der Waals surface area (Å²) in [6, 6.07) is 0.317. The Kier molecular flexibility index (Phi) is 5.20. The Morgan fingerprint density at radius 1 is 1.43 bits per heavy atom. The first-order valence-electron chi connectivity index (χ1n) is 5.85. The standard InChI is InChI=1S/C12H24N2/c1-10(2)12(14-13)9-8-11-6-4-3-5-7-11/h11-12,14H,1,3-9,13H2,2H3. The highest BCUT2D eigenvalue weighted by atomic mass is 15.2. The molecule has 0 spiro atoms. The maximum absolute atomic E-state index is 5.48. The van der Waals surface area contributed by atoms with Crippen molar-refractivity contribution in [1.29, 1.82) is 0 Å². The van der Waals surface area contributed by atoms with E-state index in [0.29, 0.717) is 6.04 Å². The molecular weight excluding hydrogens is 172 g/mol. The van der Waals surface area contributed by atoms with Gasteiger partial charge in [0.1, 0.15) is 0 Å². The van der Waals surface area contributed by atoms with Gasteiger partial charge in [0.25, 0.3) is 0 Å². The summed E-state index contributed by atoms with van der Waals surface area (Å²) >= 11 is 0. The van der Waals surface area contributed by atoms with Crippen molar-refractivity contribution in [3.8, 4) is 0 Å². The lowest BCUT2D eigenvalue weighted by molar-refractivity contribution is 0.320. The molecule has 1 aliphatic rings. The minimum Gasteiger partial charge on any atom is -0.271 e. The first-order valence-corrected chi connectivity index (χ1v) is 5.85. The van der Waals surface area contributed by atoms with Crippen LogP contribution in [0.15, 0.2) is 12.2 Å². The quantitative estimate of drug-likeness (QED) is 0.403. The van der Waals surface area contributed by atoms with Crippen molar-refractivity contribution in [2.75, 3.05) is 0 Å². The summed E-state index contributed by atoms with van der Waals surface area (Å²) in [4.78, 5) is 0. The number of hydrogen-bond donors (Lipinski definition) is 2. The molecule has 0 bridgehead atoms. The number of nitrogens with one attached hydrogen (secondary N) is 1. The van der Waals surface area contributed by atoms with Crippen molar-refractivity contribution >= 4 is 0 Å². The van der Waals surface area contributed by atoms with Crippen LogP contribution in [0, 0.1) is 5.92 Å². The van der Waals surface area contributed by atoms with Crippen LogP contribution in [-0.4, -0.2) is 6.04 Å². The van der Waals surface area contributed by atoms with Crippen molar-refractivity contribution < 1.29 is 0 Å². The predicted octanol–water partition coefficient (Wildman–Crippen LogP) is 2.75. The number of nitrogens with two attached hydrogens (primary N) is 1. The topological polar surface area (TPSA) is 38.0 Å². The zero-order chi connectivity index (χ0) is 10.4. The number of hydrogen-bond acceptors (Lipinski definition) is 2. The molecule has 1 saturated carbocycles. The normalized spacial score (nSPS) is 20.7. The van der Waals surface area contributed by atoms with Gasteiger partial charge in [0, 0.05) is 6.04 Å². The molecule has 1 unspecified atom stereocenters. The number of rotatable bonds is 5. The summed E-state index contributed by atoms with van der Waals surface area (Å²) in [6.45, 7) is 5.99. The van der Waals surface area contributed by atoms with E-state index >= 15 is 0 Å². The fourth-order valence-corrected chi connectivity index (χ4v) is 2.35. The molecule has 0 radical (unpaired) electrons. The molecule has 0 aliphatic heterocycles. The van der Waals surface area contributed by atoms with Crippen LogP contribution < -0.4 is 11.3 Å². The number of hydrazine groups is 1. The van der Waals surface area contributed by atoms with E-state index in [9.17, 15) is 0 Å². The molecule has 0 aromatic heterocycles. The van der Waals surface area contributed by atoms with Crippen LogP contribution in [0.5, 0.6) is 0 Å². The Labute approximate surface area is 87.9 Å². The van der Waals surface area contributed by atoms with Crippen LogP contribution in [0.1, 0.15) is 51.9 Å². The molecular formula is C12H24N2. The van der Waals surface area contributed by atoms with Gasteiger partial charge in [-0.15, -0.1) is 0 Å². The third kappa shape index (κ3) is 3.81. The first kappa shape index (κ1) is 11.7. The largest absolute Gasteiger partial charge is 0.271 e. The third-order valence-corrected chi connectivity index (χ3v) is 3.38. The Bertz CT molecular complexity index is 171. The van der Waals surface area contributed by atoms with Crippen LogP contribution in [0.4, 0.5) is 0 Å². The van der Waals surface area contributed by atoms with Crippen molar-refractivity contribution in [3.63, 3.8) is 0 Å². The van der Waals surface area contributed by atoms with Crippen molar-refractivity contribution in [1.82, 2.24) is 5.43 Å². The fraction of sp³-hybridized carbons (Fsp3) is 0.833. The van der Waals surface area contributed by atoms with Gasteiger partial charge in [-0.05, 0) is 25.7 Å². The summed E-state index contributed by atoms with van der Waals surface area (Å²) < 4.78 is 0. The molecule has 0 aromatic rings. The molecule has 1 fully saturated rings. The molecule has 3 N–H and O–H groups in total. The van der Waals surface area contributed by atoms with E-state index < -0.39 is 0 Å².